The highest BCUT2D eigenvalue weighted by molar-refractivity contribution is 7.17. The Morgan fingerprint density at radius 1 is 1.03 bits per heavy atom. The van der Waals surface area contributed by atoms with Gasteiger partial charge in [0.1, 0.15) is 18.1 Å². The number of carbonyl (C=O) groups is 1. The lowest BCUT2D eigenvalue weighted by Crippen LogP contribution is -2.12. The zero-order valence-corrected chi connectivity index (χ0v) is 23.0. The Morgan fingerprint density at radius 3 is 2.49 bits per heavy atom. The topological polar surface area (TPSA) is 76.0 Å². The highest BCUT2D eigenvalue weighted by Gasteiger charge is 2.39. The standard InChI is InChI=1S/C33H32O5S/c1-3-4-25(19-32(34)35)24-6-8-26(9-7-24)38-20-23-5-12-31-29(18-23)30(21-39-31)28-11-10-27(17-22(28)2)37-16-15-33(36)13-14-33/h5-12,17-18,21,25,36H,13-16,19-20H2,1-2H3,(H,34,35). The molecule has 1 unspecified atom stereocenters. The fraction of sp³-hybridized carbons (Fsp3) is 0.303. The van der Waals surface area contributed by atoms with Crippen LogP contribution < -0.4 is 9.47 Å². The van der Waals surface area contributed by atoms with Crippen LogP contribution >= 0.6 is 11.3 Å². The number of aryl methyl sites for hydroxylation is 1. The molecule has 0 amide bonds. The van der Waals surface area contributed by atoms with Crippen LogP contribution in [-0.2, 0) is 11.4 Å². The van der Waals surface area contributed by atoms with Gasteiger partial charge in [-0.05, 0) is 90.7 Å². The van der Waals surface area contributed by atoms with Gasteiger partial charge in [-0.15, -0.1) is 17.3 Å². The maximum absolute atomic E-state index is 11.2. The van der Waals surface area contributed by atoms with Gasteiger partial charge in [-0.2, -0.15) is 0 Å². The Morgan fingerprint density at radius 2 is 1.79 bits per heavy atom. The van der Waals surface area contributed by atoms with E-state index in [1.807, 2.05) is 30.3 Å². The molecule has 200 valence electrons. The molecule has 3 aromatic carbocycles. The van der Waals surface area contributed by atoms with E-state index in [2.05, 4.69) is 54.5 Å². The lowest BCUT2D eigenvalue weighted by atomic mass is 9.96. The van der Waals surface area contributed by atoms with Crippen LogP contribution in [0.5, 0.6) is 11.5 Å². The number of ether oxygens (including phenoxy) is 2. The number of rotatable bonds is 11. The Balaban J connectivity index is 1.27. The maximum atomic E-state index is 11.2. The van der Waals surface area contributed by atoms with E-state index in [9.17, 15) is 9.90 Å². The summed E-state index contributed by atoms with van der Waals surface area (Å²) in [6.45, 7) is 4.77. The molecule has 1 heterocycles. The second-order valence-electron chi connectivity index (χ2n) is 10.2. The Hall–Kier alpha value is -3.79. The predicted octanol–water partition coefficient (Wildman–Crippen LogP) is 7.33. The lowest BCUT2D eigenvalue weighted by Gasteiger charge is -2.12. The van der Waals surface area contributed by atoms with Crippen LogP contribution in [-0.4, -0.2) is 28.4 Å². The number of aliphatic hydroxyl groups is 1. The molecule has 0 radical (unpaired) electrons. The van der Waals surface area contributed by atoms with Gasteiger partial charge >= 0.3 is 5.97 Å². The fourth-order valence-corrected chi connectivity index (χ4v) is 5.66. The molecule has 4 aromatic rings. The molecule has 6 heteroatoms. The van der Waals surface area contributed by atoms with Gasteiger partial charge in [0, 0.05) is 22.1 Å². The van der Waals surface area contributed by atoms with Crippen LogP contribution in [0.1, 0.15) is 55.2 Å². The first-order valence-corrected chi connectivity index (χ1v) is 14.0. The van der Waals surface area contributed by atoms with Crippen LogP contribution in [0.15, 0.2) is 66.0 Å². The fourth-order valence-electron chi connectivity index (χ4n) is 4.72. The third-order valence-electron chi connectivity index (χ3n) is 7.17. The van der Waals surface area contributed by atoms with Gasteiger partial charge in [-0.1, -0.05) is 30.2 Å². The molecule has 0 bridgehead atoms. The predicted molar refractivity (Wildman–Crippen MR) is 156 cm³/mol. The summed E-state index contributed by atoms with van der Waals surface area (Å²) < 4.78 is 13.2. The van der Waals surface area contributed by atoms with Crippen molar-refractivity contribution in [2.45, 2.75) is 57.7 Å². The van der Waals surface area contributed by atoms with E-state index in [1.165, 1.54) is 21.2 Å². The molecule has 0 saturated heterocycles. The van der Waals surface area contributed by atoms with Gasteiger partial charge in [-0.25, -0.2) is 0 Å². The smallest absolute Gasteiger partial charge is 0.304 e. The first-order chi connectivity index (χ1) is 18.8. The summed E-state index contributed by atoms with van der Waals surface area (Å²) in [6.07, 6.45) is 2.41. The van der Waals surface area contributed by atoms with Crippen molar-refractivity contribution in [3.63, 3.8) is 0 Å². The van der Waals surface area contributed by atoms with E-state index in [1.54, 1.807) is 18.3 Å². The van der Waals surface area contributed by atoms with E-state index in [-0.39, 0.29) is 12.3 Å². The monoisotopic (exact) mass is 540 g/mol. The molecule has 1 fully saturated rings. The van der Waals surface area contributed by atoms with Crippen LogP contribution in [0.2, 0.25) is 0 Å². The minimum absolute atomic E-state index is 0.0242. The van der Waals surface area contributed by atoms with Crippen molar-refractivity contribution in [2.75, 3.05) is 6.61 Å². The summed E-state index contributed by atoms with van der Waals surface area (Å²) in [5, 5.41) is 22.6. The first kappa shape index (κ1) is 26.8. The molecular formula is C33H32O5S. The molecule has 5 rings (SSSR count). The van der Waals surface area contributed by atoms with Crippen molar-refractivity contribution < 1.29 is 24.5 Å². The minimum Gasteiger partial charge on any atom is -0.493 e. The van der Waals surface area contributed by atoms with Gasteiger partial charge in [-0.3, -0.25) is 4.79 Å². The van der Waals surface area contributed by atoms with E-state index in [0.29, 0.717) is 19.6 Å². The average molecular weight is 541 g/mol. The van der Waals surface area contributed by atoms with E-state index in [4.69, 9.17) is 14.6 Å². The average Bonchev–Trinajstić information content (AvgIpc) is 3.51. The summed E-state index contributed by atoms with van der Waals surface area (Å²) in [5.41, 5.74) is 4.96. The molecule has 0 spiro atoms. The number of benzene rings is 3. The molecule has 5 nitrogen and oxygen atoms in total. The van der Waals surface area contributed by atoms with E-state index in [0.717, 1.165) is 41.0 Å². The van der Waals surface area contributed by atoms with Gasteiger partial charge in [0.25, 0.3) is 0 Å². The zero-order chi connectivity index (χ0) is 27.4. The molecule has 1 aromatic heterocycles. The van der Waals surface area contributed by atoms with Crippen LogP contribution in [0.4, 0.5) is 0 Å². The first-order valence-electron chi connectivity index (χ1n) is 13.2. The van der Waals surface area contributed by atoms with Gasteiger partial charge in [0.15, 0.2) is 0 Å². The largest absolute Gasteiger partial charge is 0.493 e. The second kappa shape index (κ2) is 11.5. The number of hydrogen-bond donors (Lipinski definition) is 2. The molecule has 1 saturated carbocycles. The number of aliphatic carboxylic acids is 1. The van der Waals surface area contributed by atoms with Crippen LogP contribution in [0.25, 0.3) is 21.2 Å². The summed E-state index contributed by atoms with van der Waals surface area (Å²) >= 11 is 1.73. The van der Waals surface area contributed by atoms with Crippen LogP contribution in [0.3, 0.4) is 0 Å². The highest BCUT2D eigenvalue weighted by Crippen LogP contribution is 2.39. The van der Waals surface area contributed by atoms with E-state index < -0.39 is 11.6 Å². The van der Waals surface area contributed by atoms with Gasteiger partial charge in [0.2, 0.25) is 0 Å². The molecule has 1 aliphatic rings. The normalized spacial score (nSPS) is 14.3. The Kier molecular flexibility index (Phi) is 7.92. The van der Waals surface area contributed by atoms with Crippen molar-refractivity contribution in [1.82, 2.24) is 0 Å². The number of fused-ring (bicyclic) bond motifs is 1. The van der Waals surface area contributed by atoms with Crippen molar-refractivity contribution >= 4 is 27.4 Å². The molecule has 1 atom stereocenters. The summed E-state index contributed by atoms with van der Waals surface area (Å²) in [6, 6.07) is 20.1. The molecule has 0 aliphatic heterocycles. The summed E-state index contributed by atoms with van der Waals surface area (Å²) in [4.78, 5) is 11.2. The Bertz CT molecular complexity index is 1540. The van der Waals surface area contributed by atoms with Crippen molar-refractivity contribution in [3.05, 3.63) is 82.7 Å². The molecule has 1 aliphatic carbocycles. The second-order valence-corrected chi connectivity index (χ2v) is 11.1. The molecule has 2 N–H and O–H groups in total. The number of thiophene rings is 1. The number of hydrogen-bond acceptors (Lipinski definition) is 5. The van der Waals surface area contributed by atoms with Gasteiger partial charge in [0.05, 0.1) is 24.5 Å². The van der Waals surface area contributed by atoms with Crippen molar-refractivity contribution in [1.29, 1.82) is 0 Å². The summed E-state index contributed by atoms with van der Waals surface area (Å²) in [5.74, 6) is 6.16. The lowest BCUT2D eigenvalue weighted by molar-refractivity contribution is -0.137. The minimum atomic E-state index is -0.866. The molecular weight excluding hydrogens is 508 g/mol. The maximum Gasteiger partial charge on any atom is 0.304 e. The third kappa shape index (κ3) is 6.62. The summed E-state index contributed by atoms with van der Waals surface area (Å²) in [7, 11) is 0. The SMILES string of the molecule is CC#CC(CC(=O)O)c1ccc(OCc2ccc3scc(-c4ccc(OCCC5(O)CC5)cc4C)c3c2)cc1. The van der Waals surface area contributed by atoms with Gasteiger partial charge < -0.3 is 19.7 Å². The van der Waals surface area contributed by atoms with Crippen molar-refractivity contribution in [2.24, 2.45) is 0 Å². The van der Waals surface area contributed by atoms with E-state index >= 15 is 0 Å². The highest BCUT2D eigenvalue weighted by atomic mass is 32.1. The number of carboxylic acids is 1. The number of carboxylic acid groups (broad SMARTS) is 1. The van der Waals surface area contributed by atoms with Crippen molar-refractivity contribution in [3.8, 4) is 34.5 Å². The third-order valence-corrected chi connectivity index (χ3v) is 8.14. The van der Waals surface area contributed by atoms with Crippen LogP contribution in [0, 0.1) is 18.8 Å². The zero-order valence-electron chi connectivity index (χ0n) is 22.2. The quantitative estimate of drug-likeness (QED) is 0.195. The Labute approximate surface area is 233 Å². The molecule has 39 heavy (non-hydrogen) atoms.